The first-order valence-corrected chi connectivity index (χ1v) is 4.67. The van der Waals surface area contributed by atoms with Gasteiger partial charge >= 0.3 is 10.2 Å². The summed E-state index contributed by atoms with van der Waals surface area (Å²) in [6.45, 7) is 0. The summed E-state index contributed by atoms with van der Waals surface area (Å²) in [5.74, 6) is -3.10. The maximum absolute atomic E-state index is 12.7. The lowest BCUT2D eigenvalue weighted by Gasteiger charge is -1.99. The SMILES string of the molecule is O=S(=O)(F)c1c(F)cc(Cl)cc1F. The number of rotatable bonds is 1. The third kappa shape index (κ3) is 2.13. The van der Waals surface area contributed by atoms with Crippen molar-refractivity contribution < 1.29 is 21.1 Å². The second kappa shape index (κ2) is 3.19. The van der Waals surface area contributed by atoms with Crippen LogP contribution in [0.25, 0.3) is 0 Å². The molecule has 0 amide bonds. The molecule has 0 saturated heterocycles. The van der Waals surface area contributed by atoms with Gasteiger partial charge in [-0.25, -0.2) is 8.78 Å². The van der Waals surface area contributed by atoms with Gasteiger partial charge in [0.2, 0.25) is 0 Å². The van der Waals surface area contributed by atoms with Gasteiger partial charge in [-0.1, -0.05) is 11.6 Å². The fraction of sp³-hybridized carbons (Fsp3) is 0. The van der Waals surface area contributed by atoms with E-state index in [1.54, 1.807) is 0 Å². The summed E-state index contributed by atoms with van der Waals surface area (Å²) in [7, 11) is -5.39. The Hall–Kier alpha value is -0.750. The van der Waals surface area contributed by atoms with Crippen molar-refractivity contribution in [1.82, 2.24) is 0 Å². The molecule has 0 radical (unpaired) electrons. The summed E-state index contributed by atoms with van der Waals surface area (Å²) in [4.78, 5) is -1.61. The fourth-order valence-corrected chi connectivity index (χ4v) is 1.54. The minimum absolute atomic E-state index is 0.345. The highest BCUT2D eigenvalue weighted by Crippen LogP contribution is 2.24. The summed E-state index contributed by atoms with van der Waals surface area (Å²) in [6, 6.07) is 1.02. The summed E-state index contributed by atoms with van der Waals surface area (Å²) in [5, 5.41) is -0.345. The first kappa shape index (κ1) is 10.3. The van der Waals surface area contributed by atoms with E-state index >= 15 is 0 Å². The molecule has 7 heteroatoms. The van der Waals surface area contributed by atoms with Gasteiger partial charge in [0.15, 0.2) is 4.90 Å². The average molecular weight is 231 g/mol. The van der Waals surface area contributed by atoms with Crippen LogP contribution in [0.4, 0.5) is 12.7 Å². The van der Waals surface area contributed by atoms with Crippen LogP contribution >= 0.6 is 11.6 Å². The average Bonchev–Trinajstić information content (AvgIpc) is 1.78. The molecule has 0 unspecified atom stereocenters. The van der Waals surface area contributed by atoms with Crippen LogP contribution in [0.2, 0.25) is 5.02 Å². The molecular formula is C6H2ClF3O2S. The van der Waals surface area contributed by atoms with Crippen molar-refractivity contribution in [1.29, 1.82) is 0 Å². The largest absolute Gasteiger partial charge is 0.337 e. The van der Waals surface area contributed by atoms with Crippen molar-refractivity contribution in [2.45, 2.75) is 4.90 Å². The second-order valence-corrected chi connectivity index (χ2v) is 3.86. The molecule has 2 nitrogen and oxygen atoms in total. The highest BCUT2D eigenvalue weighted by molar-refractivity contribution is 7.86. The first-order chi connectivity index (χ1) is 5.82. The predicted octanol–water partition coefficient (Wildman–Crippen LogP) is 2.28. The van der Waals surface area contributed by atoms with Gasteiger partial charge in [-0.05, 0) is 12.1 Å². The second-order valence-electron chi connectivity index (χ2n) is 2.14. The summed E-state index contributed by atoms with van der Waals surface area (Å²) in [5.41, 5.74) is 0. The molecule has 0 spiro atoms. The standard InChI is InChI=1S/C6H2ClF3O2S/c7-3-1-4(8)6(5(9)2-3)13(10,11)12/h1-2H. The zero-order valence-corrected chi connectivity index (χ0v) is 7.46. The summed E-state index contributed by atoms with van der Waals surface area (Å²) < 4.78 is 57.9. The van der Waals surface area contributed by atoms with Crippen LogP contribution in [-0.4, -0.2) is 8.42 Å². The van der Waals surface area contributed by atoms with E-state index < -0.39 is 26.8 Å². The molecule has 1 rings (SSSR count). The third-order valence-electron chi connectivity index (χ3n) is 1.21. The van der Waals surface area contributed by atoms with Gasteiger partial charge in [0, 0.05) is 5.02 Å². The maximum atomic E-state index is 12.7. The van der Waals surface area contributed by atoms with Crippen LogP contribution in [-0.2, 0) is 10.2 Å². The van der Waals surface area contributed by atoms with E-state index in [0.29, 0.717) is 12.1 Å². The molecule has 0 aromatic heterocycles. The van der Waals surface area contributed by atoms with Crippen molar-refractivity contribution in [3.8, 4) is 0 Å². The third-order valence-corrected chi connectivity index (χ3v) is 2.30. The first-order valence-electron chi connectivity index (χ1n) is 2.91. The van der Waals surface area contributed by atoms with Crippen molar-refractivity contribution in [3.05, 3.63) is 28.8 Å². The number of hydrogen-bond acceptors (Lipinski definition) is 2. The Kier molecular flexibility index (Phi) is 2.53. The van der Waals surface area contributed by atoms with Crippen LogP contribution in [0.5, 0.6) is 0 Å². The lowest BCUT2D eigenvalue weighted by Crippen LogP contribution is -2.00. The van der Waals surface area contributed by atoms with Crippen LogP contribution in [0.1, 0.15) is 0 Å². The zero-order chi connectivity index (χ0) is 10.2. The zero-order valence-electron chi connectivity index (χ0n) is 5.89. The monoisotopic (exact) mass is 230 g/mol. The Morgan fingerprint density at radius 1 is 1.15 bits per heavy atom. The molecule has 72 valence electrons. The number of hydrogen-bond donors (Lipinski definition) is 0. The number of halogens is 4. The molecule has 1 aromatic rings. The molecule has 0 aliphatic heterocycles. The Balaban J connectivity index is 3.57. The lowest BCUT2D eigenvalue weighted by molar-refractivity contribution is 0.500. The Labute approximate surface area is 77.2 Å². The molecule has 1 aromatic carbocycles. The van der Waals surface area contributed by atoms with Crippen molar-refractivity contribution >= 4 is 21.8 Å². The highest BCUT2D eigenvalue weighted by Gasteiger charge is 2.23. The van der Waals surface area contributed by atoms with E-state index in [9.17, 15) is 21.1 Å². The molecule has 0 saturated carbocycles. The van der Waals surface area contributed by atoms with Gasteiger partial charge < -0.3 is 0 Å². The minimum Gasteiger partial charge on any atom is -0.205 e. The molecule has 0 atom stereocenters. The Bertz CT molecular complexity index is 420. The summed E-state index contributed by atoms with van der Waals surface area (Å²) in [6.07, 6.45) is 0. The van der Waals surface area contributed by atoms with E-state index in [1.165, 1.54) is 0 Å². The number of benzene rings is 1. The highest BCUT2D eigenvalue weighted by atomic mass is 35.5. The Morgan fingerprint density at radius 2 is 1.54 bits per heavy atom. The van der Waals surface area contributed by atoms with Gasteiger partial charge in [-0.15, -0.1) is 3.89 Å². The predicted molar refractivity (Wildman–Crippen MR) is 39.7 cm³/mol. The van der Waals surface area contributed by atoms with Crippen LogP contribution < -0.4 is 0 Å². The molecule has 0 aliphatic rings. The maximum Gasteiger partial charge on any atom is 0.337 e. The molecule has 0 bridgehead atoms. The quantitative estimate of drug-likeness (QED) is 0.694. The van der Waals surface area contributed by atoms with E-state index in [0.717, 1.165) is 0 Å². The van der Waals surface area contributed by atoms with Crippen molar-refractivity contribution in [2.24, 2.45) is 0 Å². The normalized spacial score (nSPS) is 11.7. The molecule has 0 heterocycles. The van der Waals surface area contributed by atoms with Gasteiger partial charge in [0.05, 0.1) is 0 Å². The molecule has 0 aliphatic carbocycles. The lowest BCUT2D eigenvalue weighted by atomic mass is 10.3. The fourth-order valence-electron chi connectivity index (χ4n) is 0.762. The van der Waals surface area contributed by atoms with Gasteiger partial charge in [-0.3, -0.25) is 0 Å². The van der Waals surface area contributed by atoms with E-state index in [4.69, 9.17) is 11.6 Å². The topological polar surface area (TPSA) is 34.1 Å². The van der Waals surface area contributed by atoms with Gasteiger partial charge in [0.1, 0.15) is 11.6 Å². The van der Waals surface area contributed by atoms with Crippen molar-refractivity contribution in [3.63, 3.8) is 0 Å². The van der Waals surface area contributed by atoms with Crippen LogP contribution in [0.3, 0.4) is 0 Å². The smallest absolute Gasteiger partial charge is 0.205 e. The van der Waals surface area contributed by atoms with E-state index in [-0.39, 0.29) is 5.02 Å². The minimum atomic E-state index is -5.39. The van der Waals surface area contributed by atoms with E-state index in [2.05, 4.69) is 0 Å². The van der Waals surface area contributed by atoms with E-state index in [1.807, 2.05) is 0 Å². The van der Waals surface area contributed by atoms with Gasteiger partial charge in [-0.2, -0.15) is 8.42 Å². The molecular weight excluding hydrogens is 229 g/mol. The Morgan fingerprint density at radius 3 is 1.85 bits per heavy atom. The van der Waals surface area contributed by atoms with Crippen LogP contribution in [0, 0.1) is 11.6 Å². The van der Waals surface area contributed by atoms with Crippen LogP contribution in [0.15, 0.2) is 17.0 Å². The summed E-state index contributed by atoms with van der Waals surface area (Å²) >= 11 is 5.18. The molecule has 0 fully saturated rings. The molecule has 13 heavy (non-hydrogen) atoms. The van der Waals surface area contributed by atoms with Gasteiger partial charge in [0.25, 0.3) is 0 Å². The van der Waals surface area contributed by atoms with Crippen molar-refractivity contribution in [2.75, 3.05) is 0 Å². The molecule has 0 N–H and O–H groups in total.